The van der Waals surface area contributed by atoms with E-state index in [2.05, 4.69) is 9.88 Å². The first-order valence-electron chi connectivity index (χ1n) is 12.5. The molecule has 0 saturated carbocycles. The predicted molar refractivity (Wildman–Crippen MR) is 140 cm³/mol. The van der Waals surface area contributed by atoms with Gasteiger partial charge in [-0.2, -0.15) is 0 Å². The van der Waals surface area contributed by atoms with E-state index in [0.717, 1.165) is 16.7 Å². The van der Waals surface area contributed by atoms with E-state index in [4.69, 9.17) is 0 Å². The van der Waals surface area contributed by atoms with Gasteiger partial charge in [0.05, 0.1) is 0 Å². The number of amides is 1. The van der Waals surface area contributed by atoms with Crippen LogP contribution >= 0.6 is 0 Å². The van der Waals surface area contributed by atoms with Gasteiger partial charge in [0, 0.05) is 41.8 Å². The van der Waals surface area contributed by atoms with Crippen molar-refractivity contribution in [2.24, 2.45) is 0 Å². The second kappa shape index (κ2) is 11.3. The molecule has 5 rings (SSSR count). The molecule has 0 unspecified atom stereocenters. The summed E-state index contributed by atoms with van der Waals surface area (Å²) in [6, 6.07) is 17.4. The van der Waals surface area contributed by atoms with Crippen LogP contribution < -0.4 is 5.06 Å². The average molecular weight is 535 g/mol. The highest BCUT2D eigenvalue weighted by atomic mass is 19.2. The van der Waals surface area contributed by atoms with Crippen molar-refractivity contribution >= 4 is 11.6 Å². The van der Waals surface area contributed by atoms with E-state index in [0.29, 0.717) is 38.5 Å². The highest BCUT2D eigenvalue weighted by Crippen LogP contribution is 2.39. The molecule has 1 aliphatic heterocycles. The Balaban J connectivity index is 1.29. The number of halogens is 4. The Kier molecular flexibility index (Phi) is 7.72. The summed E-state index contributed by atoms with van der Waals surface area (Å²) in [7, 11) is 0. The molecular weight excluding hydrogens is 510 g/mol. The van der Waals surface area contributed by atoms with Crippen molar-refractivity contribution in [1.29, 1.82) is 0 Å². The SMILES string of the molecule is O=C(c1ccncc1)N([O-])c1cc(F)c(F)c(F)c1C1CCN(Cc2ccc(-c3ccc(F)cc3)cc2)CC1. The van der Waals surface area contributed by atoms with Crippen LogP contribution in [0.25, 0.3) is 11.1 Å². The molecule has 1 saturated heterocycles. The molecule has 2 heterocycles. The van der Waals surface area contributed by atoms with E-state index in [1.165, 1.54) is 36.7 Å². The van der Waals surface area contributed by atoms with Gasteiger partial charge in [-0.25, -0.2) is 17.6 Å². The summed E-state index contributed by atoms with van der Waals surface area (Å²) in [6.07, 6.45) is 3.42. The largest absolute Gasteiger partial charge is 0.751 e. The topological polar surface area (TPSA) is 59.5 Å². The number of hydrogen-bond acceptors (Lipinski definition) is 4. The van der Waals surface area contributed by atoms with E-state index in [1.54, 1.807) is 12.1 Å². The molecule has 1 aliphatic rings. The Hall–Kier alpha value is -4.08. The summed E-state index contributed by atoms with van der Waals surface area (Å²) in [5.74, 6) is -6.53. The number of aromatic nitrogens is 1. The van der Waals surface area contributed by atoms with Gasteiger partial charge in [-0.1, -0.05) is 36.4 Å². The van der Waals surface area contributed by atoms with Crippen molar-refractivity contribution < 1.29 is 22.4 Å². The minimum absolute atomic E-state index is 0.00337. The quantitative estimate of drug-likeness (QED) is 0.155. The average Bonchev–Trinajstić information content (AvgIpc) is 2.97. The van der Waals surface area contributed by atoms with Crippen LogP contribution in [0, 0.1) is 28.5 Å². The van der Waals surface area contributed by atoms with Crippen molar-refractivity contribution in [3.63, 3.8) is 0 Å². The zero-order valence-electron chi connectivity index (χ0n) is 20.8. The first-order valence-corrected chi connectivity index (χ1v) is 12.5. The van der Waals surface area contributed by atoms with Crippen molar-refractivity contribution in [3.05, 3.63) is 124 Å². The molecule has 0 N–H and O–H groups in total. The maximum atomic E-state index is 15.0. The lowest BCUT2D eigenvalue weighted by Gasteiger charge is -2.36. The van der Waals surface area contributed by atoms with Gasteiger partial charge >= 0.3 is 0 Å². The monoisotopic (exact) mass is 534 g/mol. The molecule has 1 aromatic heterocycles. The highest BCUT2D eigenvalue weighted by molar-refractivity contribution is 6.07. The number of rotatable bonds is 6. The third kappa shape index (κ3) is 5.69. The molecule has 3 aromatic carbocycles. The fraction of sp³-hybridized carbons (Fsp3) is 0.200. The molecule has 39 heavy (non-hydrogen) atoms. The van der Waals surface area contributed by atoms with Gasteiger partial charge in [-0.05, 0) is 72.8 Å². The molecule has 5 nitrogen and oxygen atoms in total. The fourth-order valence-electron chi connectivity index (χ4n) is 4.96. The van der Waals surface area contributed by atoms with Gasteiger partial charge in [0.15, 0.2) is 17.5 Å². The van der Waals surface area contributed by atoms with Crippen LogP contribution in [-0.4, -0.2) is 28.9 Å². The van der Waals surface area contributed by atoms with Crippen LogP contribution in [0.3, 0.4) is 0 Å². The van der Waals surface area contributed by atoms with Gasteiger partial charge < -0.3 is 10.3 Å². The molecular formula is C30H24F4N3O2-. The Bertz CT molecular complexity index is 1460. The van der Waals surface area contributed by atoms with E-state index in [-0.39, 0.29) is 22.0 Å². The Morgan fingerprint density at radius 1 is 0.872 bits per heavy atom. The lowest BCUT2D eigenvalue weighted by atomic mass is 9.87. The number of hydroxylamine groups is 1. The Morgan fingerprint density at radius 2 is 1.46 bits per heavy atom. The number of carbonyl (C=O) groups is 1. The zero-order chi connectivity index (χ0) is 27.5. The summed E-state index contributed by atoms with van der Waals surface area (Å²) in [6.45, 7) is 1.68. The summed E-state index contributed by atoms with van der Waals surface area (Å²) in [5.41, 5.74) is 2.10. The minimum atomic E-state index is -1.66. The van der Waals surface area contributed by atoms with Crippen LogP contribution in [0.2, 0.25) is 0 Å². The molecule has 9 heteroatoms. The standard InChI is InChI=1S/C30H24F4N3O2/c31-24-7-5-21(6-8-24)20-3-1-19(2-4-20)18-36-15-11-22(12-16-36)27-26(17-25(32)28(33)29(27)34)37(39)30(38)23-9-13-35-14-10-23/h1-10,13-14,17,22H,11-12,15-16,18H2/q-1. The fourth-order valence-corrected chi connectivity index (χ4v) is 4.96. The van der Waals surface area contributed by atoms with Crippen LogP contribution in [0.15, 0.2) is 79.1 Å². The number of pyridine rings is 1. The number of benzene rings is 3. The minimum Gasteiger partial charge on any atom is -0.751 e. The third-order valence-corrected chi connectivity index (χ3v) is 7.04. The lowest BCUT2D eigenvalue weighted by Crippen LogP contribution is -2.34. The number of hydrogen-bond donors (Lipinski definition) is 0. The van der Waals surface area contributed by atoms with E-state index < -0.39 is 35.0 Å². The molecule has 0 atom stereocenters. The molecule has 1 amide bonds. The number of nitrogens with zero attached hydrogens (tertiary/aromatic N) is 3. The second-order valence-electron chi connectivity index (χ2n) is 9.51. The van der Waals surface area contributed by atoms with E-state index in [9.17, 15) is 23.2 Å². The van der Waals surface area contributed by atoms with Crippen molar-refractivity contribution in [2.45, 2.75) is 25.3 Å². The van der Waals surface area contributed by atoms with Crippen molar-refractivity contribution in [2.75, 3.05) is 18.2 Å². The molecule has 200 valence electrons. The highest BCUT2D eigenvalue weighted by Gasteiger charge is 2.30. The Labute approximate surface area is 222 Å². The van der Waals surface area contributed by atoms with Gasteiger partial charge in [0.1, 0.15) is 5.82 Å². The molecule has 0 spiro atoms. The molecule has 4 aromatic rings. The van der Waals surface area contributed by atoms with Crippen molar-refractivity contribution in [3.8, 4) is 11.1 Å². The molecule has 0 bridgehead atoms. The van der Waals surface area contributed by atoms with E-state index in [1.807, 2.05) is 24.3 Å². The normalized spacial score (nSPS) is 14.4. The van der Waals surface area contributed by atoms with Crippen molar-refractivity contribution in [1.82, 2.24) is 9.88 Å². The van der Waals surface area contributed by atoms with Gasteiger partial charge in [0.25, 0.3) is 0 Å². The second-order valence-corrected chi connectivity index (χ2v) is 9.51. The summed E-state index contributed by atoms with van der Waals surface area (Å²) in [4.78, 5) is 18.6. The Morgan fingerprint density at radius 3 is 2.08 bits per heavy atom. The summed E-state index contributed by atoms with van der Waals surface area (Å²) >= 11 is 0. The molecule has 0 radical (unpaired) electrons. The first kappa shape index (κ1) is 26.5. The summed E-state index contributed by atoms with van der Waals surface area (Å²) in [5, 5.41) is 12.9. The zero-order valence-corrected chi connectivity index (χ0v) is 20.8. The van der Waals surface area contributed by atoms with Gasteiger partial charge in [-0.15, -0.1) is 0 Å². The van der Waals surface area contributed by atoms with Crippen LogP contribution in [-0.2, 0) is 6.54 Å². The molecule has 0 aliphatic carbocycles. The number of carbonyl (C=O) groups excluding carboxylic acids is 1. The third-order valence-electron chi connectivity index (χ3n) is 7.04. The van der Waals surface area contributed by atoms with E-state index >= 15 is 4.39 Å². The smallest absolute Gasteiger partial charge is 0.247 e. The van der Waals surface area contributed by atoms with Gasteiger partial charge in [0.2, 0.25) is 5.91 Å². The maximum Gasteiger partial charge on any atom is 0.247 e. The van der Waals surface area contributed by atoms with Crippen LogP contribution in [0.1, 0.15) is 40.2 Å². The first-order chi connectivity index (χ1) is 18.8. The number of piperidine rings is 1. The molecule has 1 fully saturated rings. The van der Waals surface area contributed by atoms with Crippen LogP contribution in [0.4, 0.5) is 23.2 Å². The predicted octanol–water partition coefficient (Wildman–Crippen LogP) is 6.83. The van der Waals surface area contributed by atoms with Gasteiger partial charge in [-0.3, -0.25) is 14.7 Å². The number of anilines is 1. The number of likely N-dealkylation sites (tertiary alicyclic amines) is 1. The van der Waals surface area contributed by atoms with Crippen LogP contribution in [0.5, 0.6) is 0 Å². The lowest BCUT2D eigenvalue weighted by molar-refractivity contribution is 0.0997. The summed E-state index contributed by atoms with van der Waals surface area (Å²) < 4.78 is 56.6. The maximum absolute atomic E-state index is 15.0.